The third-order valence-electron chi connectivity index (χ3n) is 3.36. The van der Waals surface area contributed by atoms with Gasteiger partial charge in [-0.2, -0.15) is 0 Å². The Bertz CT molecular complexity index is 286. The van der Waals surface area contributed by atoms with Crippen molar-refractivity contribution in [1.82, 2.24) is 4.90 Å². The Labute approximate surface area is 93.2 Å². The first-order valence-corrected chi connectivity index (χ1v) is 6.11. The molecule has 1 heteroatoms. The number of rotatable bonds is 2. The van der Waals surface area contributed by atoms with Gasteiger partial charge in [0.05, 0.1) is 0 Å². The molecule has 1 nitrogen and oxygen atoms in total. The zero-order chi connectivity index (χ0) is 10.5. The van der Waals surface area contributed by atoms with E-state index in [-0.39, 0.29) is 0 Å². The van der Waals surface area contributed by atoms with E-state index in [4.69, 9.17) is 0 Å². The summed E-state index contributed by atoms with van der Waals surface area (Å²) in [6.45, 7) is 1.25. The molecule has 82 valence electrons. The van der Waals surface area contributed by atoms with Gasteiger partial charge in [-0.15, -0.1) is 0 Å². The van der Waals surface area contributed by atoms with Crippen LogP contribution in [0.15, 0.2) is 36.0 Å². The number of hydrogen-bond acceptors (Lipinski definition) is 1. The number of likely N-dealkylation sites (tertiary alicyclic amines) is 1. The zero-order valence-electron chi connectivity index (χ0n) is 9.65. The second-order valence-electron chi connectivity index (χ2n) is 4.59. The number of nitrogens with zero attached hydrogens (tertiary/aromatic N) is 1. The highest BCUT2D eigenvalue weighted by atomic mass is 15.1. The lowest BCUT2D eigenvalue weighted by molar-refractivity contribution is 0.222. The first-order valence-electron chi connectivity index (χ1n) is 6.11. The third-order valence-corrected chi connectivity index (χ3v) is 3.36. The highest BCUT2D eigenvalue weighted by Gasteiger charge is 2.15. The topological polar surface area (TPSA) is 3.24 Å². The van der Waals surface area contributed by atoms with Crippen LogP contribution in [0.2, 0.25) is 0 Å². The predicted octanol–water partition coefficient (Wildman–Crippen LogP) is 3.30. The molecule has 1 aliphatic heterocycles. The molecule has 1 atom stereocenters. The number of hydrogen-bond donors (Lipinski definition) is 0. The molecule has 15 heavy (non-hydrogen) atoms. The Morgan fingerprint density at radius 2 is 2.27 bits per heavy atom. The van der Waals surface area contributed by atoms with Crippen LogP contribution in [0.3, 0.4) is 0 Å². The molecule has 1 heterocycles. The van der Waals surface area contributed by atoms with Crippen LogP contribution in [0.5, 0.6) is 0 Å². The summed E-state index contributed by atoms with van der Waals surface area (Å²) in [7, 11) is 2.24. The van der Waals surface area contributed by atoms with Crippen LogP contribution in [-0.2, 0) is 0 Å². The lowest BCUT2D eigenvalue weighted by atomic mass is 10.0. The van der Waals surface area contributed by atoms with E-state index in [0.717, 1.165) is 0 Å². The van der Waals surface area contributed by atoms with Crippen LogP contribution in [0, 0.1) is 0 Å². The highest BCUT2D eigenvalue weighted by molar-refractivity contribution is 5.33. The fraction of sp³-hybridized carbons (Fsp3) is 0.571. The van der Waals surface area contributed by atoms with Gasteiger partial charge in [0.1, 0.15) is 0 Å². The van der Waals surface area contributed by atoms with Gasteiger partial charge in [-0.3, -0.25) is 4.90 Å². The molecule has 0 saturated carbocycles. The number of likely N-dealkylation sites (N-methyl/N-ethyl adjacent to an activating group) is 1. The molecule has 0 N–H and O–H groups in total. The maximum Gasteiger partial charge on any atom is 0.0278 e. The molecule has 0 bridgehead atoms. The fourth-order valence-electron chi connectivity index (χ4n) is 2.32. The van der Waals surface area contributed by atoms with E-state index >= 15 is 0 Å². The van der Waals surface area contributed by atoms with E-state index in [1.165, 1.54) is 44.2 Å². The second-order valence-corrected chi connectivity index (χ2v) is 4.59. The van der Waals surface area contributed by atoms with Crippen LogP contribution in [0.1, 0.15) is 32.1 Å². The van der Waals surface area contributed by atoms with Gasteiger partial charge in [0.2, 0.25) is 0 Å². The van der Waals surface area contributed by atoms with Crippen molar-refractivity contribution in [1.29, 1.82) is 0 Å². The van der Waals surface area contributed by atoms with Gasteiger partial charge in [-0.05, 0) is 44.8 Å². The molecule has 1 aliphatic carbocycles. The summed E-state index contributed by atoms with van der Waals surface area (Å²) < 4.78 is 0. The predicted molar refractivity (Wildman–Crippen MR) is 65.9 cm³/mol. The lowest BCUT2D eigenvalue weighted by Crippen LogP contribution is -2.34. The standard InChI is InChI=1S/C14H21N/c1-15-12-6-5-9-14(15)11-10-13-7-3-2-4-8-13/h3,7-8,10-11,14H,2,4-6,9,12H2,1H3/b11-10+/t14-/m0/s1. The minimum Gasteiger partial charge on any atom is -0.300 e. The molecule has 0 spiro atoms. The molecule has 2 rings (SSSR count). The van der Waals surface area contributed by atoms with Crippen molar-refractivity contribution in [3.05, 3.63) is 36.0 Å². The van der Waals surface area contributed by atoms with E-state index in [1.807, 2.05) is 0 Å². The fourth-order valence-corrected chi connectivity index (χ4v) is 2.32. The Kier molecular flexibility index (Phi) is 3.79. The molecule has 0 unspecified atom stereocenters. The average Bonchev–Trinajstić information content (AvgIpc) is 2.29. The van der Waals surface area contributed by atoms with E-state index in [0.29, 0.717) is 6.04 Å². The van der Waals surface area contributed by atoms with Crippen molar-refractivity contribution in [3.8, 4) is 0 Å². The van der Waals surface area contributed by atoms with Crippen molar-refractivity contribution >= 4 is 0 Å². The maximum absolute atomic E-state index is 2.47. The van der Waals surface area contributed by atoms with E-state index in [1.54, 1.807) is 0 Å². The van der Waals surface area contributed by atoms with Gasteiger partial charge in [-0.25, -0.2) is 0 Å². The monoisotopic (exact) mass is 203 g/mol. The largest absolute Gasteiger partial charge is 0.300 e. The summed E-state index contributed by atoms with van der Waals surface area (Å²) in [5, 5.41) is 0. The van der Waals surface area contributed by atoms with Crippen molar-refractivity contribution in [2.24, 2.45) is 0 Å². The Balaban J connectivity index is 1.91. The van der Waals surface area contributed by atoms with Gasteiger partial charge in [0.25, 0.3) is 0 Å². The molecule has 0 aromatic rings. The molecular formula is C14H21N. The third kappa shape index (κ3) is 3.07. The summed E-state index contributed by atoms with van der Waals surface area (Å²) in [5.74, 6) is 0. The van der Waals surface area contributed by atoms with Gasteiger partial charge in [0, 0.05) is 6.04 Å². The molecule has 0 radical (unpaired) electrons. The summed E-state index contributed by atoms with van der Waals surface area (Å²) >= 11 is 0. The molecule has 0 amide bonds. The maximum atomic E-state index is 2.47. The van der Waals surface area contributed by atoms with Crippen molar-refractivity contribution < 1.29 is 0 Å². The van der Waals surface area contributed by atoms with Gasteiger partial charge < -0.3 is 0 Å². The quantitative estimate of drug-likeness (QED) is 0.665. The van der Waals surface area contributed by atoms with Crippen LogP contribution in [0.25, 0.3) is 0 Å². The smallest absolute Gasteiger partial charge is 0.0278 e. The van der Waals surface area contributed by atoms with E-state index in [2.05, 4.69) is 42.3 Å². The van der Waals surface area contributed by atoms with Crippen LogP contribution < -0.4 is 0 Å². The normalized spacial score (nSPS) is 28.3. The summed E-state index contributed by atoms with van der Waals surface area (Å²) in [4.78, 5) is 2.47. The highest BCUT2D eigenvalue weighted by Crippen LogP contribution is 2.17. The Hall–Kier alpha value is -0.820. The molecule has 2 aliphatic rings. The minimum atomic E-state index is 0.662. The summed E-state index contributed by atoms with van der Waals surface area (Å²) in [6.07, 6.45) is 18.0. The van der Waals surface area contributed by atoms with Crippen LogP contribution >= 0.6 is 0 Å². The van der Waals surface area contributed by atoms with Crippen LogP contribution in [-0.4, -0.2) is 24.5 Å². The first-order chi connectivity index (χ1) is 7.36. The molecule has 1 fully saturated rings. The average molecular weight is 203 g/mol. The number of allylic oxidation sites excluding steroid dienone is 5. The van der Waals surface area contributed by atoms with Crippen molar-refractivity contribution in [2.45, 2.75) is 38.1 Å². The molecule has 0 aromatic carbocycles. The Morgan fingerprint density at radius 3 is 3.00 bits per heavy atom. The number of piperidine rings is 1. The van der Waals surface area contributed by atoms with Gasteiger partial charge in [-0.1, -0.05) is 36.8 Å². The molecule has 0 aromatic heterocycles. The molecular weight excluding hydrogens is 182 g/mol. The SMILES string of the molecule is CN1CCCC[C@H]1/C=C/C1=CCCC=C1. The molecule has 1 saturated heterocycles. The zero-order valence-corrected chi connectivity index (χ0v) is 9.65. The van der Waals surface area contributed by atoms with E-state index in [9.17, 15) is 0 Å². The minimum absolute atomic E-state index is 0.662. The van der Waals surface area contributed by atoms with Crippen molar-refractivity contribution in [2.75, 3.05) is 13.6 Å². The Morgan fingerprint density at radius 1 is 1.33 bits per heavy atom. The van der Waals surface area contributed by atoms with Gasteiger partial charge >= 0.3 is 0 Å². The van der Waals surface area contributed by atoms with Crippen molar-refractivity contribution in [3.63, 3.8) is 0 Å². The summed E-state index contributed by atoms with van der Waals surface area (Å²) in [6, 6.07) is 0.662. The first kappa shape index (κ1) is 10.7. The van der Waals surface area contributed by atoms with E-state index < -0.39 is 0 Å². The second kappa shape index (κ2) is 5.32. The lowest BCUT2D eigenvalue weighted by Gasteiger charge is -2.30. The summed E-state index contributed by atoms with van der Waals surface area (Å²) in [5.41, 5.74) is 1.39. The van der Waals surface area contributed by atoms with Crippen LogP contribution in [0.4, 0.5) is 0 Å². The van der Waals surface area contributed by atoms with Gasteiger partial charge in [0.15, 0.2) is 0 Å².